The minimum absolute atomic E-state index is 0.172. The first-order valence-corrected chi connectivity index (χ1v) is 6.52. The molecule has 0 aliphatic carbocycles. The number of hydrogen-bond donors (Lipinski definition) is 1. The quantitative estimate of drug-likeness (QED) is 0.889. The molecule has 0 amide bonds. The molecule has 0 bridgehead atoms. The van der Waals surface area contributed by atoms with E-state index in [4.69, 9.17) is 0 Å². The molecule has 0 aliphatic heterocycles. The lowest BCUT2D eigenvalue weighted by Gasteiger charge is -2.03. The second-order valence-corrected chi connectivity index (χ2v) is 5.52. The molecule has 13 heavy (non-hydrogen) atoms. The van der Waals surface area contributed by atoms with Gasteiger partial charge in [0.05, 0.1) is 12.5 Å². The standard InChI is InChI=1S/C5H5Br2N3O2S/c1-13(11,12)10-5-4(7)9-3(6)2-8-5/h2H,1H3,(H,8,10). The lowest BCUT2D eigenvalue weighted by atomic mass is 10.7. The minimum atomic E-state index is -3.31. The van der Waals surface area contributed by atoms with Gasteiger partial charge in [0.25, 0.3) is 0 Å². The van der Waals surface area contributed by atoms with E-state index < -0.39 is 10.0 Å². The van der Waals surface area contributed by atoms with Crippen LogP contribution in [0.25, 0.3) is 0 Å². The summed E-state index contributed by atoms with van der Waals surface area (Å²) in [5.41, 5.74) is 0. The van der Waals surface area contributed by atoms with Crippen molar-refractivity contribution in [3.05, 3.63) is 15.4 Å². The van der Waals surface area contributed by atoms with E-state index in [-0.39, 0.29) is 5.82 Å². The van der Waals surface area contributed by atoms with Gasteiger partial charge in [-0.2, -0.15) is 0 Å². The topological polar surface area (TPSA) is 72.0 Å². The highest BCUT2D eigenvalue weighted by Gasteiger charge is 2.08. The van der Waals surface area contributed by atoms with Crippen LogP contribution in [0.1, 0.15) is 0 Å². The van der Waals surface area contributed by atoms with Crippen LogP contribution in [0, 0.1) is 0 Å². The number of nitrogens with one attached hydrogen (secondary N) is 1. The Morgan fingerprint density at radius 2 is 2.08 bits per heavy atom. The van der Waals surface area contributed by atoms with Gasteiger partial charge in [-0.1, -0.05) is 0 Å². The second kappa shape index (κ2) is 3.89. The second-order valence-electron chi connectivity index (χ2n) is 2.21. The first-order valence-electron chi connectivity index (χ1n) is 3.04. The summed E-state index contributed by atoms with van der Waals surface area (Å²) >= 11 is 6.16. The van der Waals surface area contributed by atoms with Gasteiger partial charge in [-0.05, 0) is 31.9 Å². The SMILES string of the molecule is CS(=O)(=O)Nc1ncc(Br)nc1Br. The van der Waals surface area contributed by atoms with Crippen LogP contribution in [0.4, 0.5) is 5.82 Å². The minimum Gasteiger partial charge on any atom is -0.265 e. The third kappa shape index (κ3) is 3.57. The molecule has 0 spiro atoms. The average molecular weight is 331 g/mol. The third-order valence-corrected chi connectivity index (χ3v) is 2.48. The molecule has 0 unspecified atom stereocenters. The number of rotatable bonds is 2. The molecule has 1 N–H and O–H groups in total. The molecule has 0 aliphatic rings. The van der Waals surface area contributed by atoms with E-state index in [1.165, 1.54) is 6.20 Å². The Balaban J connectivity index is 3.04. The molecule has 1 heterocycles. The van der Waals surface area contributed by atoms with Crippen molar-refractivity contribution in [2.75, 3.05) is 11.0 Å². The van der Waals surface area contributed by atoms with Crippen LogP contribution in [0.15, 0.2) is 15.4 Å². The van der Waals surface area contributed by atoms with Crippen molar-refractivity contribution in [3.8, 4) is 0 Å². The van der Waals surface area contributed by atoms with Gasteiger partial charge in [-0.3, -0.25) is 4.72 Å². The van der Waals surface area contributed by atoms with Gasteiger partial charge in [0.1, 0.15) is 4.60 Å². The van der Waals surface area contributed by atoms with E-state index >= 15 is 0 Å². The van der Waals surface area contributed by atoms with E-state index in [1.54, 1.807) is 0 Å². The van der Waals surface area contributed by atoms with Crippen molar-refractivity contribution in [1.29, 1.82) is 0 Å². The van der Waals surface area contributed by atoms with Gasteiger partial charge in [0.2, 0.25) is 10.0 Å². The van der Waals surface area contributed by atoms with Crippen LogP contribution < -0.4 is 4.72 Å². The van der Waals surface area contributed by atoms with Crippen molar-refractivity contribution < 1.29 is 8.42 Å². The third-order valence-electron chi connectivity index (χ3n) is 0.983. The zero-order valence-electron chi connectivity index (χ0n) is 6.45. The van der Waals surface area contributed by atoms with Crippen molar-refractivity contribution in [2.24, 2.45) is 0 Å². The molecule has 5 nitrogen and oxygen atoms in total. The predicted molar refractivity (Wildman–Crippen MR) is 55.9 cm³/mol. The Kier molecular flexibility index (Phi) is 3.25. The molecule has 1 aromatic heterocycles. The van der Waals surface area contributed by atoms with Crippen molar-refractivity contribution >= 4 is 47.7 Å². The maximum Gasteiger partial charge on any atom is 0.231 e. The fourth-order valence-corrected chi connectivity index (χ4v) is 2.13. The van der Waals surface area contributed by atoms with Gasteiger partial charge >= 0.3 is 0 Å². The van der Waals surface area contributed by atoms with Crippen LogP contribution in [0.5, 0.6) is 0 Å². The van der Waals surface area contributed by atoms with Gasteiger partial charge < -0.3 is 0 Å². The van der Waals surface area contributed by atoms with Gasteiger partial charge in [0, 0.05) is 0 Å². The zero-order valence-corrected chi connectivity index (χ0v) is 10.4. The first-order chi connectivity index (χ1) is 5.88. The molecule has 72 valence electrons. The number of hydrogen-bond acceptors (Lipinski definition) is 4. The Morgan fingerprint density at radius 1 is 1.46 bits per heavy atom. The molecular formula is C5H5Br2N3O2S. The summed E-state index contributed by atoms with van der Waals surface area (Å²) in [4.78, 5) is 7.72. The Bertz CT molecular complexity index is 420. The number of halogens is 2. The van der Waals surface area contributed by atoms with Crippen LogP contribution in [-0.4, -0.2) is 24.6 Å². The Hall–Kier alpha value is -0.210. The maximum atomic E-state index is 10.8. The van der Waals surface area contributed by atoms with E-state index in [1.807, 2.05) is 0 Å². The van der Waals surface area contributed by atoms with E-state index in [0.29, 0.717) is 9.21 Å². The molecule has 8 heteroatoms. The molecule has 0 saturated carbocycles. The number of aromatic nitrogens is 2. The highest BCUT2D eigenvalue weighted by Crippen LogP contribution is 2.19. The van der Waals surface area contributed by atoms with E-state index in [2.05, 4.69) is 46.5 Å². The molecule has 0 aromatic carbocycles. The molecule has 0 fully saturated rings. The van der Waals surface area contributed by atoms with Gasteiger partial charge in [0.15, 0.2) is 10.4 Å². The summed E-state index contributed by atoms with van der Waals surface area (Å²) in [5, 5.41) is 0. The predicted octanol–water partition coefficient (Wildman–Crippen LogP) is 1.37. The summed E-state index contributed by atoms with van der Waals surface area (Å²) in [6.45, 7) is 0. The lowest BCUT2D eigenvalue weighted by molar-refractivity contribution is 0.606. The summed E-state index contributed by atoms with van der Waals surface area (Å²) in [5.74, 6) is 0.172. The highest BCUT2D eigenvalue weighted by molar-refractivity contribution is 9.11. The number of sulfonamides is 1. The van der Waals surface area contributed by atoms with Gasteiger partial charge in [-0.15, -0.1) is 0 Å². The van der Waals surface area contributed by atoms with Crippen LogP contribution >= 0.6 is 31.9 Å². The monoisotopic (exact) mass is 329 g/mol. The summed E-state index contributed by atoms with van der Waals surface area (Å²) in [7, 11) is -3.31. The van der Waals surface area contributed by atoms with Crippen LogP contribution in [0.3, 0.4) is 0 Å². The van der Waals surface area contributed by atoms with E-state index in [0.717, 1.165) is 6.26 Å². The highest BCUT2D eigenvalue weighted by atomic mass is 79.9. The van der Waals surface area contributed by atoms with Crippen molar-refractivity contribution in [3.63, 3.8) is 0 Å². The fraction of sp³-hybridized carbons (Fsp3) is 0.200. The maximum absolute atomic E-state index is 10.8. The number of nitrogens with zero attached hydrogens (tertiary/aromatic N) is 2. The molecule has 0 radical (unpaired) electrons. The fourth-order valence-electron chi connectivity index (χ4n) is 0.591. The van der Waals surface area contributed by atoms with Crippen molar-refractivity contribution in [1.82, 2.24) is 9.97 Å². The molecule has 0 atom stereocenters. The largest absolute Gasteiger partial charge is 0.265 e. The average Bonchev–Trinajstić information content (AvgIpc) is 1.93. The summed E-state index contributed by atoms with van der Waals surface area (Å²) in [6, 6.07) is 0. The lowest BCUT2D eigenvalue weighted by Crippen LogP contribution is -2.11. The Morgan fingerprint density at radius 3 is 2.54 bits per heavy atom. The van der Waals surface area contributed by atoms with Gasteiger partial charge in [-0.25, -0.2) is 18.4 Å². The first kappa shape index (κ1) is 10.9. The van der Waals surface area contributed by atoms with Crippen molar-refractivity contribution in [2.45, 2.75) is 0 Å². The summed E-state index contributed by atoms with van der Waals surface area (Å²) < 4.78 is 24.7. The zero-order chi connectivity index (χ0) is 10.1. The normalized spacial score (nSPS) is 11.3. The van der Waals surface area contributed by atoms with Crippen LogP contribution in [-0.2, 0) is 10.0 Å². The van der Waals surface area contributed by atoms with E-state index in [9.17, 15) is 8.42 Å². The summed E-state index contributed by atoms with van der Waals surface area (Å²) in [6.07, 6.45) is 2.45. The van der Waals surface area contributed by atoms with Crippen LogP contribution in [0.2, 0.25) is 0 Å². The molecule has 1 rings (SSSR count). The Labute approximate surface area is 92.3 Å². The number of anilines is 1. The molecular weight excluding hydrogens is 326 g/mol. The molecule has 1 aromatic rings. The smallest absolute Gasteiger partial charge is 0.231 e. The molecule has 0 saturated heterocycles.